The van der Waals surface area contributed by atoms with Gasteiger partial charge in [0, 0.05) is 29.8 Å². The Morgan fingerprint density at radius 1 is 1.00 bits per heavy atom. The molecule has 138 valence electrons. The molecule has 0 N–H and O–H groups in total. The van der Waals surface area contributed by atoms with Crippen molar-refractivity contribution >= 4 is 5.91 Å². The molecule has 5 heteroatoms. The summed E-state index contributed by atoms with van der Waals surface area (Å²) in [6.07, 6.45) is 2.44. The number of rotatable bonds is 5. The Bertz CT molecular complexity index is 940. The predicted octanol–water partition coefficient (Wildman–Crippen LogP) is 4.58. The maximum Gasteiger partial charge on any atom is 0.253 e. The zero-order chi connectivity index (χ0) is 19.0. The van der Waals surface area contributed by atoms with E-state index >= 15 is 0 Å². The fourth-order valence-electron chi connectivity index (χ4n) is 3.19. The van der Waals surface area contributed by atoms with Crippen molar-refractivity contribution in [3.05, 3.63) is 59.7 Å². The number of benzene rings is 2. The molecule has 1 unspecified atom stereocenters. The maximum atomic E-state index is 12.7. The number of aromatic nitrogens is 2. The Labute approximate surface area is 159 Å². The van der Waals surface area contributed by atoms with Gasteiger partial charge in [-0.1, -0.05) is 17.7 Å². The molecule has 4 rings (SSSR count). The van der Waals surface area contributed by atoms with Crippen LogP contribution in [0.1, 0.15) is 35.7 Å². The lowest BCUT2D eigenvalue weighted by Crippen LogP contribution is -2.36. The van der Waals surface area contributed by atoms with E-state index in [1.165, 1.54) is 18.4 Å². The molecule has 0 radical (unpaired) electrons. The number of carbonyl (C=O) groups excluding carboxylic acids is 1. The fraction of sp³-hybridized carbons (Fsp3) is 0.318. The van der Waals surface area contributed by atoms with Crippen LogP contribution in [0.3, 0.4) is 0 Å². The molecule has 27 heavy (non-hydrogen) atoms. The minimum absolute atomic E-state index is 0.0480. The molecule has 2 aromatic carbocycles. The highest BCUT2D eigenvalue weighted by Gasteiger charge is 2.32. The Kier molecular flexibility index (Phi) is 4.52. The first-order valence-electron chi connectivity index (χ1n) is 9.31. The standard InChI is InChI=1S/C22H23N3O2/c1-14-4-6-17(7-5-14)20-23-24-21(27-20)18-10-12-19(13-11-18)22(26)25(3)15(2)16-8-9-16/h4-7,10-13,15-16H,8-9H2,1-3H3. The van der Waals surface area contributed by atoms with Crippen molar-refractivity contribution in [2.75, 3.05) is 7.05 Å². The SMILES string of the molecule is Cc1ccc(-c2nnc(-c3ccc(C(=O)N(C)C(C)C4CC4)cc3)o2)cc1. The van der Waals surface area contributed by atoms with Gasteiger partial charge in [0.2, 0.25) is 11.8 Å². The van der Waals surface area contributed by atoms with E-state index in [0.717, 1.165) is 11.1 Å². The number of carbonyl (C=O) groups is 1. The third kappa shape index (κ3) is 3.63. The molecule has 1 fully saturated rings. The van der Waals surface area contributed by atoms with E-state index in [1.54, 1.807) is 0 Å². The largest absolute Gasteiger partial charge is 0.416 e. The van der Waals surface area contributed by atoms with Gasteiger partial charge in [-0.2, -0.15) is 0 Å². The maximum absolute atomic E-state index is 12.7. The molecular formula is C22H23N3O2. The van der Waals surface area contributed by atoms with E-state index < -0.39 is 0 Å². The molecule has 1 atom stereocenters. The summed E-state index contributed by atoms with van der Waals surface area (Å²) in [6.45, 7) is 4.16. The first-order chi connectivity index (χ1) is 13.0. The summed E-state index contributed by atoms with van der Waals surface area (Å²) >= 11 is 0. The highest BCUT2D eigenvalue weighted by atomic mass is 16.4. The molecule has 1 aliphatic carbocycles. The van der Waals surface area contributed by atoms with Crippen LogP contribution >= 0.6 is 0 Å². The second-order valence-corrected chi connectivity index (χ2v) is 7.35. The molecule has 0 saturated heterocycles. The smallest absolute Gasteiger partial charge is 0.253 e. The highest BCUT2D eigenvalue weighted by Crippen LogP contribution is 2.35. The van der Waals surface area contributed by atoms with E-state index in [-0.39, 0.29) is 11.9 Å². The molecular weight excluding hydrogens is 338 g/mol. The van der Waals surface area contributed by atoms with Crippen molar-refractivity contribution < 1.29 is 9.21 Å². The fourth-order valence-corrected chi connectivity index (χ4v) is 3.19. The number of aryl methyl sites for hydroxylation is 1. The lowest BCUT2D eigenvalue weighted by Gasteiger charge is -2.25. The van der Waals surface area contributed by atoms with Gasteiger partial charge < -0.3 is 9.32 Å². The summed E-state index contributed by atoms with van der Waals surface area (Å²) in [5, 5.41) is 8.28. The quantitative estimate of drug-likeness (QED) is 0.667. The van der Waals surface area contributed by atoms with Gasteiger partial charge >= 0.3 is 0 Å². The average Bonchev–Trinajstić information content (AvgIpc) is 3.44. The molecule has 1 aliphatic rings. The normalized spacial score (nSPS) is 14.8. The lowest BCUT2D eigenvalue weighted by molar-refractivity contribution is 0.0727. The van der Waals surface area contributed by atoms with Gasteiger partial charge in [-0.25, -0.2) is 0 Å². The summed E-state index contributed by atoms with van der Waals surface area (Å²) < 4.78 is 5.80. The molecule has 1 saturated carbocycles. The molecule has 0 aliphatic heterocycles. The van der Waals surface area contributed by atoms with Crippen LogP contribution in [0.5, 0.6) is 0 Å². The van der Waals surface area contributed by atoms with Crippen LogP contribution in [0.25, 0.3) is 22.9 Å². The molecule has 0 spiro atoms. The predicted molar refractivity (Wildman–Crippen MR) is 104 cm³/mol. The van der Waals surface area contributed by atoms with E-state index in [1.807, 2.05) is 67.4 Å². The van der Waals surface area contributed by atoms with Gasteiger partial charge in [-0.15, -0.1) is 10.2 Å². The van der Waals surface area contributed by atoms with Crippen LogP contribution in [0.4, 0.5) is 0 Å². The van der Waals surface area contributed by atoms with Crippen molar-refractivity contribution in [1.82, 2.24) is 15.1 Å². The second-order valence-electron chi connectivity index (χ2n) is 7.35. The third-order valence-electron chi connectivity index (χ3n) is 5.34. The summed E-state index contributed by atoms with van der Waals surface area (Å²) in [5.74, 6) is 1.64. The van der Waals surface area contributed by atoms with Crippen molar-refractivity contribution in [3.63, 3.8) is 0 Å². The Morgan fingerprint density at radius 3 is 2.04 bits per heavy atom. The van der Waals surface area contributed by atoms with E-state index in [2.05, 4.69) is 17.1 Å². The molecule has 0 bridgehead atoms. The summed E-state index contributed by atoms with van der Waals surface area (Å²) in [5.41, 5.74) is 3.55. The molecule has 1 aromatic heterocycles. The van der Waals surface area contributed by atoms with E-state index in [4.69, 9.17) is 4.42 Å². The monoisotopic (exact) mass is 361 g/mol. The highest BCUT2D eigenvalue weighted by molar-refractivity contribution is 5.94. The van der Waals surface area contributed by atoms with Crippen LogP contribution in [0.15, 0.2) is 52.9 Å². The first kappa shape index (κ1) is 17.5. The average molecular weight is 361 g/mol. The Hall–Kier alpha value is -2.95. The van der Waals surface area contributed by atoms with Crippen molar-refractivity contribution in [2.24, 2.45) is 5.92 Å². The number of hydrogen-bond donors (Lipinski definition) is 0. The molecule has 1 amide bonds. The van der Waals surface area contributed by atoms with Crippen LogP contribution in [0, 0.1) is 12.8 Å². The number of nitrogens with zero attached hydrogens (tertiary/aromatic N) is 3. The van der Waals surface area contributed by atoms with Crippen LogP contribution in [0.2, 0.25) is 0 Å². The van der Waals surface area contributed by atoms with Gasteiger partial charge in [0.05, 0.1) is 0 Å². The van der Waals surface area contributed by atoms with Gasteiger partial charge in [0.25, 0.3) is 5.91 Å². The minimum Gasteiger partial charge on any atom is -0.416 e. The molecule has 1 heterocycles. The summed E-state index contributed by atoms with van der Waals surface area (Å²) in [6, 6.07) is 15.6. The zero-order valence-corrected chi connectivity index (χ0v) is 15.8. The van der Waals surface area contributed by atoms with Crippen LogP contribution < -0.4 is 0 Å². The zero-order valence-electron chi connectivity index (χ0n) is 15.8. The number of amides is 1. The molecule has 3 aromatic rings. The molecule has 5 nitrogen and oxygen atoms in total. The van der Waals surface area contributed by atoms with E-state index in [9.17, 15) is 4.79 Å². The van der Waals surface area contributed by atoms with Crippen LogP contribution in [-0.4, -0.2) is 34.1 Å². The minimum atomic E-state index is 0.0480. The van der Waals surface area contributed by atoms with Crippen LogP contribution in [-0.2, 0) is 0 Å². The van der Waals surface area contributed by atoms with E-state index in [0.29, 0.717) is 23.3 Å². The van der Waals surface area contributed by atoms with Crippen molar-refractivity contribution in [3.8, 4) is 22.9 Å². The van der Waals surface area contributed by atoms with Gasteiger partial charge in [0.1, 0.15) is 0 Å². The van der Waals surface area contributed by atoms with Crippen molar-refractivity contribution in [2.45, 2.75) is 32.7 Å². The van der Waals surface area contributed by atoms with Gasteiger partial charge in [-0.3, -0.25) is 4.79 Å². The van der Waals surface area contributed by atoms with Gasteiger partial charge in [0.15, 0.2) is 0 Å². The number of hydrogen-bond acceptors (Lipinski definition) is 4. The summed E-state index contributed by atoms with van der Waals surface area (Å²) in [4.78, 5) is 14.5. The van der Waals surface area contributed by atoms with Gasteiger partial charge in [-0.05, 0) is 69.0 Å². The topological polar surface area (TPSA) is 59.2 Å². The van der Waals surface area contributed by atoms with Crippen molar-refractivity contribution in [1.29, 1.82) is 0 Å². The lowest BCUT2D eigenvalue weighted by atomic mass is 10.1. The second kappa shape index (κ2) is 6.99. The first-order valence-corrected chi connectivity index (χ1v) is 9.31. The summed E-state index contributed by atoms with van der Waals surface area (Å²) in [7, 11) is 1.88. The third-order valence-corrected chi connectivity index (χ3v) is 5.34. The Balaban J connectivity index is 1.50. The Morgan fingerprint density at radius 2 is 1.52 bits per heavy atom.